The summed E-state index contributed by atoms with van der Waals surface area (Å²) in [7, 11) is 0. The van der Waals surface area contributed by atoms with Gasteiger partial charge in [-0.15, -0.1) is 11.3 Å². The zero-order valence-electron chi connectivity index (χ0n) is 20.8. The van der Waals surface area contributed by atoms with E-state index in [2.05, 4.69) is 4.98 Å². The minimum absolute atomic E-state index is 0.0351. The fourth-order valence-corrected chi connectivity index (χ4v) is 5.35. The first-order chi connectivity index (χ1) is 16.0. The van der Waals surface area contributed by atoms with Crippen LogP contribution >= 0.6 is 11.3 Å². The smallest absolute Gasteiger partial charge is 0.227 e. The van der Waals surface area contributed by atoms with Gasteiger partial charge in [0.2, 0.25) is 5.91 Å². The van der Waals surface area contributed by atoms with Crippen LogP contribution in [0.4, 0.5) is 0 Å². The molecule has 1 aromatic carbocycles. The normalized spacial score (nSPS) is 19.3. The molecular formula is C27H36N2O4S. The SMILES string of the molecule is CCC(=O)C[C@H](C(=O)N1C[C@H](O)C[C@H]1C(=O)CCc1ccc(-c2scnc2C)cc1)C(C)(C)C. The Bertz CT molecular complexity index is 1020. The van der Waals surface area contributed by atoms with Crippen molar-refractivity contribution in [2.75, 3.05) is 6.54 Å². The van der Waals surface area contributed by atoms with Crippen LogP contribution in [0.15, 0.2) is 29.8 Å². The number of carbonyl (C=O) groups excluding carboxylic acids is 3. The highest BCUT2D eigenvalue weighted by Crippen LogP contribution is 2.34. The van der Waals surface area contributed by atoms with E-state index in [0.29, 0.717) is 19.3 Å². The number of benzene rings is 1. The fraction of sp³-hybridized carbons (Fsp3) is 0.556. The Morgan fingerprint density at radius 2 is 1.88 bits per heavy atom. The molecule has 0 saturated carbocycles. The van der Waals surface area contributed by atoms with E-state index in [9.17, 15) is 19.5 Å². The van der Waals surface area contributed by atoms with Crippen LogP contribution in [0.5, 0.6) is 0 Å². The Hall–Kier alpha value is -2.38. The Morgan fingerprint density at radius 1 is 1.21 bits per heavy atom. The van der Waals surface area contributed by atoms with Gasteiger partial charge in [-0.1, -0.05) is 52.0 Å². The number of hydrogen-bond acceptors (Lipinski definition) is 6. The van der Waals surface area contributed by atoms with Crippen molar-refractivity contribution < 1.29 is 19.5 Å². The van der Waals surface area contributed by atoms with Crippen molar-refractivity contribution in [3.8, 4) is 10.4 Å². The molecule has 1 saturated heterocycles. The van der Waals surface area contributed by atoms with Crippen LogP contribution in [0.2, 0.25) is 0 Å². The number of aryl methyl sites for hydroxylation is 2. The highest BCUT2D eigenvalue weighted by atomic mass is 32.1. The molecular weight excluding hydrogens is 448 g/mol. The maximum Gasteiger partial charge on any atom is 0.227 e. The predicted octanol–water partition coefficient (Wildman–Crippen LogP) is 4.61. The number of aliphatic hydroxyl groups is 1. The zero-order chi connectivity index (χ0) is 25.0. The lowest BCUT2D eigenvalue weighted by atomic mass is 9.76. The second kappa shape index (κ2) is 10.9. The average molecular weight is 485 g/mol. The van der Waals surface area contributed by atoms with Gasteiger partial charge in [0.05, 0.1) is 28.2 Å². The molecule has 1 amide bonds. The van der Waals surface area contributed by atoms with Crippen LogP contribution in [0.25, 0.3) is 10.4 Å². The van der Waals surface area contributed by atoms with Gasteiger partial charge < -0.3 is 10.0 Å². The molecule has 1 aromatic heterocycles. The molecule has 3 rings (SSSR count). The third-order valence-electron chi connectivity index (χ3n) is 6.73. The predicted molar refractivity (Wildman–Crippen MR) is 135 cm³/mol. The lowest BCUT2D eigenvalue weighted by Crippen LogP contribution is -2.47. The first kappa shape index (κ1) is 26.2. The Kier molecular flexibility index (Phi) is 8.42. The Morgan fingerprint density at radius 3 is 2.44 bits per heavy atom. The molecule has 184 valence electrons. The quantitative estimate of drug-likeness (QED) is 0.561. The number of Topliss-reactive ketones (excluding diaryl/α,β-unsaturated/α-hetero) is 2. The van der Waals surface area contributed by atoms with Crippen molar-refractivity contribution in [1.82, 2.24) is 9.88 Å². The van der Waals surface area contributed by atoms with Crippen molar-refractivity contribution in [3.05, 3.63) is 41.0 Å². The number of carbonyl (C=O) groups is 3. The number of aromatic nitrogens is 1. The lowest BCUT2D eigenvalue weighted by Gasteiger charge is -2.34. The van der Waals surface area contributed by atoms with Crippen LogP contribution in [-0.4, -0.2) is 51.2 Å². The van der Waals surface area contributed by atoms with Gasteiger partial charge in [0.25, 0.3) is 0 Å². The number of β-amino-alcohol motifs (C(OH)–C–C–N with tert-alkyl or cyclic N) is 1. The minimum Gasteiger partial charge on any atom is -0.391 e. The average Bonchev–Trinajstić information content (AvgIpc) is 3.40. The number of rotatable bonds is 9. The molecule has 0 spiro atoms. The van der Waals surface area contributed by atoms with E-state index in [1.54, 1.807) is 18.3 Å². The molecule has 0 aliphatic carbocycles. The summed E-state index contributed by atoms with van der Waals surface area (Å²) in [5.41, 5.74) is 4.59. The van der Waals surface area contributed by atoms with Crippen LogP contribution in [0.1, 0.15) is 64.6 Å². The highest BCUT2D eigenvalue weighted by Gasteiger charge is 2.43. The van der Waals surface area contributed by atoms with Gasteiger partial charge in [-0.3, -0.25) is 14.4 Å². The van der Waals surface area contributed by atoms with E-state index in [1.165, 1.54) is 4.90 Å². The van der Waals surface area contributed by atoms with Crippen LogP contribution in [-0.2, 0) is 20.8 Å². The summed E-state index contributed by atoms with van der Waals surface area (Å²) in [5.74, 6) is -0.716. The second-order valence-electron chi connectivity index (χ2n) is 10.3. The van der Waals surface area contributed by atoms with Gasteiger partial charge in [-0.05, 0) is 29.9 Å². The van der Waals surface area contributed by atoms with Gasteiger partial charge in [-0.25, -0.2) is 4.98 Å². The number of aliphatic hydroxyl groups excluding tert-OH is 1. The van der Waals surface area contributed by atoms with E-state index in [1.807, 2.05) is 57.5 Å². The first-order valence-corrected chi connectivity index (χ1v) is 12.9. The van der Waals surface area contributed by atoms with Crippen LogP contribution in [0.3, 0.4) is 0 Å². The summed E-state index contributed by atoms with van der Waals surface area (Å²) in [4.78, 5) is 45.7. The molecule has 6 nitrogen and oxygen atoms in total. The molecule has 34 heavy (non-hydrogen) atoms. The Balaban J connectivity index is 1.67. The summed E-state index contributed by atoms with van der Waals surface area (Å²) in [6, 6.07) is 7.52. The number of likely N-dealkylation sites (tertiary alicyclic amines) is 1. The lowest BCUT2D eigenvalue weighted by molar-refractivity contribution is -0.145. The third-order valence-corrected chi connectivity index (χ3v) is 7.70. The first-order valence-electron chi connectivity index (χ1n) is 12.0. The number of thiazole rings is 1. The summed E-state index contributed by atoms with van der Waals surface area (Å²) in [6.45, 7) is 9.76. The molecule has 1 N–H and O–H groups in total. The molecule has 2 heterocycles. The maximum absolute atomic E-state index is 13.5. The summed E-state index contributed by atoms with van der Waals surface area (Å²) < 4.78 is 0. The maximum atomic E-state index is 13.5. The Labute approximate surface area is 206 Å². The third kappa shape index (κ3) is 6.19. The summed E-state index contributed by atoms with van der Waals surface area (Å²) >= 11 is 1.61. The van der Waals surface area contributed by atoms with E-state index in [0.717, 1.165) is 21.7 Å². The molecule has 7 heteroatoms. The molecule has 3 atom stereocenters. The molecule has 1 aliphatic rings. The van der Waals surface area contributed by atoms with Gasteiger partial charge >= 0.3 is 0 Å². The number of amides is 1. The molecule has 0 unspecified atom stereocenters. The van der Waals surface area contributed by atoms with Crippen molar-refractivity contribution in [1.29, 1.82) is 0 Å². The zero-order valence-corrected chi connectivity index (χ0v) is 21.7. The molecule has 1 aliphatic heterocycles. The molecule has 1 fully saturated rings. The summed E-state index contributed by atoms with van der Waals surface area (Å²) in [5, 5.41) is 10.3. The van der Waals surface area contributed by atoms with E-state index >= 15 is 0 Å². The van der Waals surface area contributed by atoms with Gasteiger partial charge in [0.1, 0.15) is 5.78 Å². The van der Waals surface area contributed by atoms with Crippen molar-refractivity contribution >= 4 is 28.8 Å². The monoisotopic (exact) mass is 484 g/mol. The number of nitrogens with zero attached hydrogens (tertiary/aromatic N) is 2. The summed E-state index contributed by atoms with van der Waals surface area (Å²) in [6.07, 6.45) is 0.958. The van der Waals surface area contributed by atoms with Crippen molar-refractivity contribution in [2.45, 2.75) is 78.9 Å². The van der Waals surface area contributed by atoms with Gasteiger partial charge in [0, 0.05) is 38.1 Å². The highest BCUT2D eigenvalue weighted by molar-refractivity contribution is 7.13. The largest absolute Gasteiger partial charge is 0.391 e. The molecule has 0 radical (unpaired) electrons. The minimum atomic E-state index is -0.720. The molecule has 2 aromatic rings. The number of hydrogen-bond donors (Lipinski definition) is 1. The topological polar surface area (TPSA) is 87.6 Å². The number of ketones is 2. The van der Waals surface area contributed by atoms with E-state index in [4.69, 9.17) is 0 Å². The standard InChI is InChI=1S/C27H36N2O4S/c1-6-20(30)13-22(27(3,4)5)26(33)29-15-21(31)14-23(29)24(32)12-9-18-7-10-19(11-8-18)25-17(2)28-16-34-25/h7-8,10-11,16,21-23,31H,6,9,12-15H2,1-5H3/t21-,22-,23+/m1/s1. The van der Waals surface area contributed by atoms with Crippen LogP contribution in [0, 0.1) is 18.3 Å². The van der Waals surface area contributed by atoms with E-state index < -0.39 is 23.5 Å². The van der Waals surface area contributed by atoms with Gasteiger partial charge in [-0.2, -0.15) is 0 Å². The van der Waals surface area contributed by atoms with Crippen molar-refractivity contribution in [2.24, 2.45) is 11.3 Å². The van der Waals surface area contributed by atoms with Crippen molar-refractivity contribution in [3.63, 3.8) is 0 Å². The van der Waals surface area contributed by atoms with E-state index in [-0.39, 0.29) is 36.9 Å². The molecule has 0 bridgehead atoms. The fourth-order valence-electron chi connectivity index (χ4n) is 4.53. The van der Waals surface area contributed by atoms with Gasteiger partial charge in [0.15, 0.2) is 5.78 Å². The second-order valence-corrected chi connectivity index (χ2v) is 11.2. The van der Waals surface area contributed by atoms with Crippen LogP contribution < -0.4 is 0 Å².